The van der Waals surface area contributed by atoms with Crippen LogP contribution in [0.25, 0.3) is 10.9 Å². The van der Waals surface area contributed by atoms with Gasteiger partial charge in [0, 0.05) is 12.1 Å². The number of hydrogen-bond acceptors (Lipinski definition) is 6. The summed E-state index contributed by atoms with van der Waals surface area (Å²) in [5.74, 6) is 0.826. The van der Waals surface area contributed by atoms with E-state index in [0.717, 1.165) is 11.1 Å². The number of carbonyl (C=O) groups is 1. The topological polar surface area (TPSA) is 82.5 Å². The molecule has 7 nitrogen and oxygen atoms in total. The fraction of sp³-hybridized carbons (Fsp3) is 0.160. The van der Waals surface area contributed by atoms with Gasteiger partial charge in [0.15, 0.2) is 16.7 Å². The highest BCUT2D eigenvalue weighted by molar-refractivity contribution is 7.99. The molecular formula is C25H20ClN3O4S. The number of rotatable bonds is 6. The largest absolute Gasteiger partial charge is 0.454 e. The molecule has 1 N–H and O–H groups in total. The average molecular weight is 494 g/mol. The Balaban J connectivity index is 1.39. The summed E-state index contributed by atoms with van der Waals surface area (Å²) in [5, 5.41) is 4.15. The Morgan fingerprint density at radius 1 is 1.12 bits per heavy atom. The highest BCUT2D eigenvalue weighted by Crippen LogP contribution is 2.39. The number of carbonyl (C=O) groups excluding carboxylic acids is 1. The van der Waals surface area contributed by atoms with Crippen LogP contribution in [-0.2, 0) is 11.3 Å². The van der Waals surface area contributed by atoms with Crippen LogP contribution >= 0.6 is 23.4 Å². The molecule has 1 aliphatic rings. The third-order valence-corrected chi connectivity index (χ3v) is 6.65. The first-order chi connectivity index (χ1) is 16.5. The van der Waals surface area contributed by atoms with Gasteiger partial charge in [-0.25, -0.2) is 4.98 Å². The van der Waals surface area contributed by atoms with Crippen molar-refractivity contribution in [1.82, 2.24) is 9.55 Å². The van der Waals surface area contributed by atoms with E-state index in [0.29, 0.717) is 44.8 Å². The predicted molar refractivity (Wildman–Crippen MR) is 133 cm³/mol. The summed E-state index contributed by atoms with van der Waals surface area (Å²) >= 11 is 7.46. The monoisotopic (exact) mass is 493 g/mol. The van der Waals surface area contributed by atoms with E-state index >= 15 is 0 Å². The molecule has 2 heterocycles. The Labute approximate surface area is 204 Å². The number of nitrogens with zero attached hydrogens (tertiary/aromatic N) is 2. The number of nitrogens with one attached hydrogen (secondary N) is 1. The lowest BCUT2D eigenvalue weighted by Crippen LogP contribution is -2.25. The average Bonchev–Trinajstić information content (AvgIpc) is 3.28. The molecule has 0 saturated carbocycles. The van der Waals surface area contributed by atoms with Crippen molar-refractivity contribution in [3.8, 4) is 11.5 Å². The van der Waals surface area contributed by atoms with Gasteiger partial charge in [-0.15, -0.1) is 0 Å². The summed E-state index contributed by atoms with van der Waals surface area (Å²) in [7, 11) is 0. The summed E-state index contributed by atoms with van der Waals surface area (Å²) in [4.78, 5) is 30.7. The van der Waals surface area contributed by atoms with E-state index in [9.17, 15) is 9.59 Å². The van der Waals surface area contributed by atoms with Crippen molar-refractivity contribution >= 4 is 45.9 Å². The lowest BCUT2D eigenvalue weighted by molar-refractivity contribution is -0.113. The SMILES string of the molecule is Cc1ccc(Cn2c(SCC(=O)Nc3cc4c(cc3Cl)OCO4)nc3ccccc3c2=O)cc1. The van der Waals surface area contributed by atoms with Gasteiger partial charge in [0.1, 0.15) is 0 Å². The van der Waals surface area contributed by atoms with Gasteiger partial charge in [-0.2, -0.15) is 0 Å². The number of ether oxygens (including phenoxy) is 2. The van der Waals surface area contributed by atoms with Crippen LogP contribution in [0.1, 0.15) is 11.1 Å². The van der Waals surface area contributed by atoms with Gasteiger partial charge in [0.2, 0.25) is 12.7 Å². The van der Waals surface area contributed by atoms with Gasteiger partial charge in [-0.1, -0.05) is 65.3 Å². The third kappa shape index (κ3) is 4.60. The zero-order valence-electron chi connectivity index (χ0n) is 18.2. The fourth-order valence-electron chi connectivity index (χ4n) is 3.60. The number of fused-ring (bicyclic) bond motifs is 2. The number of hydrogen-bond donors (Lipinski definition) is 1. The minimum atomic E-state index is -0.282. The molecule has 1 aromatic heterocycles. The molecular weight excluding hydrogens is 474 g/mol. The summed E-state index contributed by atoms with van der Waals surface area (Å²) in [5.41, 5.74) is 2.99. The number of amides is 1. The number of halogens is 1. The Hall–Kier alpha value is -3.49. The van der Waals surface area contributed by atoms with Crippen LogP contribution < -0.4 is 20.3 Å². The molecule has 0 saturated heterocycles. The number of para-hydroxylation sites is 1. The van der Waals surface area contributed by atoms with E-state index in [-0.39, 0.29) is 24.0 Å². The minimum absolute atomic E-state index is 0.0451. The molecule has 0 atom stereocenters. The van der Waals surface area contributed by atoms with Gasteiger partial charge >= 0.3 is 0 Å². The van der Waals surface area contributed by atoms with Gasteiger partial charge < -0.3 is 14.8 Å². The Morgan fingerprint density at radius 2 is 1.85 bits per heavy atom. The molecule has 1 amide bonds. The standard InChI is InChI=1S/C25H20ClN3O4S/c1-15-6-8-16(9-7-15)12-29-24(31)17-4-2-3-5-19(17)28-25(29)34-13-23(30)27-20-11-22-21(10-18(20)26)32-14-33-22/h2-11H,12-14H2,1H3,(H,27,30). The number of benzene rings is 3. The maximum Gasteiger partial charge on any atom is 0.262 e. The molecule has 0 aliphatic carbocycles. The van der Waals surface area contributed by atoms with E-state index in [1.807, 2.05) is 43.3 Å². The first-order valence-electron chi connectivity index (χ1n) is 10.5. The van der Waals surface area contributed by atoms with Crippen molar-refractivity contribution in [3.63, 3.8) is 0 Å². The molecule has 1 aliphatic heterocycles. The molecule has 0 radical (unpaired) electrons. The molecule has 0 unspecified atom stereocenters. The van der Waals surface area contributed by atoms with E-state index in [2.05, 4.69) is 10.3 Å². The number of aromatic nitrogens is 2. The maximum atomic E-state index is 13.3. The second kappa shape index (κ2) is 9.40. The van der Waals surface area contributed by atoms with Crippen molar-refractivity contribution in [2.45, 2.75) is 18.6 Å². The Kier molecular flexibility index (Phi) is 6.17. The van der Waals surface area contributed by atoms with Crippen molar-refractivity contribution in [3.05, 3.63) is 87.2 Å². The molecule has 5 rings (SSSR count). The Bertz CT molecular complexity index is 1450. The fourth-order valence-corrected chi connectivity index (χ4v) is 4.60. The second-order valence-electron chi connectivity index (χ2n) is 7.81. The lowest BCUT2D eigenvalue weighted by atomic mass is 10.1. The smallest absolute Gasteiger partial charge is 0.262 e. The first-order valence-corrected chi connectivity index (χ1v) is 11.9. The van der Waals surface area contributed by atoms with Crippen molar-refractivity contribution in [1.29, 1.82) is 0 Å². The van der Waals surface area contributed by atoms with E-state index in [1.165, 1.54) is 11.8 Å². The Morgan fingerprint density at radius 3 is 2.65 bits per heavy atom. The number of anilines is 1. The highest BCUT2D eigenvalue weighted by Gasteiger charge is 2.19. The normalized spacial score (nSPS) is 12.2. The van der Waals surface area contributed by atoms with E-state index in [4.69, 9.17) is 21.1 Å². The zero-order valence-corrected chi connectivity index (χ0v) is 19.8. The molecule has 172 valence electrons. The van der Waals surface area contributed by atoms with Gasteiger partial charge in [-0.3, -0.25) is 14.2 Å². The highest BCUT2D eigenvalue weighted by atomic mass is 35.5. The van der Waals surface area contributed by atoms with Crippen LogP contribution in [0.2, 0.25) is 5.02 Å². The summed E-state index contributed by atoms with van der Waals surface area (Å²) < 4.78 is 12.3. The zero-order chi connectivity index (χ0) is 23.7. The predicted octanol–water partition coefficient (Wildman–Crippen LogP) is 4.87. The van der Waals surface area contributed by atoms with Gasteiger partial charge in [0.05, 0.1) is 33.9 Å². The van der Waals surface area contributed by atoms with E-state index in [1.54, 1.807) is 28.8 Å². The van der Waals surface area contributed by atoms with Gasteiger partial charge in [-0.05, 0) is 24.6 Å². The van der Waals surface area contributed by atoms with E-state index < -0.39 is 0 Å². The van der Waals surface area contributed by atoms with Crippen molar-refractivity contribution in [2.75, 3.05) is 17.9 Å². The number of aryl methyl sites for hydroxylation is 1. The summed E-state index contributed by atoms with van der Waals surface area (Å²) in [6.45, 7) is 2.49. The third-order valence-electron chi connectivity index (χ3n) is 5.36. The first kappa shape index (κ1) is 22.3. The van der Waals surface area contributed by atoms with Crippen molar-refractivity contribution < 1.29 is 14.3 Å². The van der Waals surface area contributed by atoms with Crippen LogP contribution in [0, 0.1) is 6.92 Å². The maximum absolute atomic E-state index is 13.3. The molecule has 4 aromatic rings. The molecule has 34 heavy (non-hydrogen) atoms. The summed E-state index contributed by atoms with van der Waals surface area (Å²) in [6, 6.07) is 18.4. The molecule has 9 heteroatoms. The van der Waals surface area contributed by atoms with Crippen molar-refractivity contribution in [2.24, 2.45) is 0 Å². The molecule has 0 spiro atoms. The van der Waals surface area contributed by atoms with Crippen LogP contribution in [0.5, 0.6) is 11.5 Å². The number of thioether (sulfide) groups is 1. The minimum Gasteiger partial charge on any atom is -0.454 e. The molecule has 0 bridgehead atoms. The van der Waals surface area contributed by atoms with Crippen LogP contribution in [0.3, 0.4) is 0 Å². The van der Waals surface area contributed by atoms with Gasteiger partial charge in [0.25, 0.3) is 5.56 Å². The quantitative estimate of drug-likeness (QED) is 0.305. The lowest BCUT2D eigenvalue weighted by Gasteiger charge is -2.14. The molecule has 3 aromatic carbocycles. The van der Waals surface area contributed by atoms with Crippen LogP contribution in [0.15, 0.2) is 70.6 Å². The summed E-state index contributed by atoms with van der Waals surface area (Å²) in [6.07, 6.45) is 0. The molecule has 0 fully saturated rings. The second-order valence-corrected chi connectivity index (χ2v) is 9.16. The van der Waals surface area contributed by atoms with Crippen LogP contribution in [-0.4, -0.2) is 28.0 Å². The van der Waals surface area contributed by atoms with Crippen LogP contribution in [0.4, 0.5) is 5.69 Å².